The summed E-state index contributed by atoms with van der Waals surface area (Å²) in [6, 6.07) is 0. The number of carbonyl (C=O) groups is 2. The Morgan fingerprint density at radius 2 is 2.00 bits per heavy atom. The molecule has 2 saturated heterocycles. The number of hydrogen-bond donors (Lipinski definition) is 0. The average Bonchev–Trinajstić information content (AvgIpc) is 2.27. The predicted molar refractivity (Wildman–Crippen MR) is 67.0 cm³/mol. The molecule has 5 nitrogen and oxygen atoms in total. The zero-order valence-corrected chi connectivity index (χ0v) is 11.1. The maximum absolute atomic E-state index is 11.9. The summed E-state index contributed by atoms with van der Waals surface area (Å²) < 4.78 is 5.05. The van der Waals surface area contributed by atoms with Crippen molar-refractivity contribution in [3.63, 3.8) is 0 Å². The van der Waals surface area contributed by atoms with Crippen molar-refractivity contribution >= 4 is 11.9 Å². The van der Waals surface area contributed by atoms with Crippen molar-refractivity contribution < 1.29 is 14.3 Å². The van der Waals surface area contributed by atoms with E-state index < -0.39 is 0 Å². The summed E-state index contributed by atoms with van der Waals surface area (Å²) in [5, 5.41) is 0. The van der Waals surface area contributed by atoms with Crippen molar-refractivity contribution in [1.29, 1.82) is 0 Å². The smallest absolute Gasteiger partial charge is 0.310 e. The van der Waals surface area contributed by atoms with E-state index in [1.165, 1.54) is 0 Å². The molecule has 18 heavy (non-hydrogen) atoms. The number of piperidine rings is 1. The minimum atomic E-state index is -0.112. The van der Waals surface area contributed by atoms with Crippen LogP contribution in [0.3, 0.4) is 0 Å². The zero-order valence-electron chi connectivity index (χ0n) is 11.1. The number of likely N-dealkylation sites (tertiary alicyclic amines) is 2. The Labute approximate surface area is 108 Å². The van der Waals surface area contributed by atoms with Crippen LogP contribution in [-0.2, 0) is 14.3 Å². The lowest BCUT2D eigenvalue weighted by molar-refractivity contribution is -0.151. The Balaban J connectivity index is 1.78. The lowest BCUT2D eigenvalue weighted by Crippen LogP contribution is -2.49. The largest absolute Gasteiger partial charge is 0.466 e. The molecule has 0 radical (unpaired) electrons. The van der Waals surface area contributed by atoms with Gasteiger partial charge in [0.25, 0.3) is 0 Å². The van der Waals surface area contributed by atoms with E-state index in [9.17, 15) is 9.59 Å². The first-order valence-corrected chi connectivity index (χ1v) is 6.87. The number of rotatable bonds is 4. The Kier molecular flexibility index (Phi) is 4.58. The number of amides is 1. The second-order valence-electron chi connectivity index (χ2n) is 5.06. The highest BCUT2D eigenvalue weighted by molar-refractivity contribution is 5.79. The van der Waals surface area contributed by atoms with Crippen LogP contribution in [0.2, 0.25) is 0 Å². The molecule has 2 aliphatic rings. The first kappa shape index (κ1) is 13.3. The minimum Gasteiger partial charge on any atom is -0.466 e. The van der Waals surface area contributed by atoms with E-state index >= 15 is 0 Å². The van der Waals surface area contributed by atoms with Crippen molar-refractivity contribution in [3.8, 4) is 0 Å². The maximum Gasteiger partial charge on any atom is 0.310 e. The minimum absolute atomic E-state index is 0.0529. The molecule has 0 aromatic heterocycles. The molecule has 2 heterocycles. The molecule has 2 rings (SSSR count). The first-order valence-electron chi connectivity index (χ1n) is 6.87. The van der Waals surface area contributed by atoms with Crippen LogP contribution in [-0.4, -0.2) is 61.0 Å². The number of ether oxygens (including phenoxy) is 1. The third-order valence-electron chi connectivity index (χ3n) is 3.69. The van der Waals surface area contributed by atoms with E-state index in [0.29, 0.717) is 19.7 Å². The quantitative estimate of drug-likeness (QED) is 0.685. The van der Waals surface area contributed by atoms with Crippen LogP contribution in [0.25, 0.3) is 0 Å². The number of hydrogen-bond acceptors (Lipinski definition) is 4. The molecule has 2 aliphatic heterocycles. The molecule has 0 unspecified atom stereocenters. The van der Waals surface area contributed by atoms with Gasteiger partial charge in [-0.1, -0.05) is 0 Å². The van der Waals surface area contributed by atoms with Crippen LogP contribution in [0.5, 0.6) is 0 Å². The summed E-state index contributed by atoms with van der Waals surface area (Å²) in [7, 11) is 0. The molecule has 0 aromatic rings. The summed E-state index contributed by atoms with van der Waals surface area (Å²) in [6.45, 7) is 6.08. The lowest BCUT2D eigenvalue weighted by atomic mass is 9.98. The van der Waals surface area contributed by atoms with E-state index in [2.05, 4.69) is 4.90 Å². The third-order valence-corrected chi connectivity index (χ3v) is 3.69. The number of esters is 1. The SMILES string of the molecule is CCOC(=O)[C@H]1CCCN(CC(=O)N2CCC2)C1. The topological polar surface area (TPSA) is 49.9 Å². The van der Waals surface area contributed by atoms with E-state index in [4.69, 9.17) is 4.74 Å². The fourth-order valence-corrected chi connectivity index (χ4v) is 2.51. The van der Waals surface area contributed by atoms with Crippen molar-refractivity contribution in [2.45, 2.75) is 26.2 Å². The molecule has 1 atom stereocenters. The molecule has 2 fully saturated rings. The summed E-state index contributed by atoms with van der Waals surface area (Å²) in [5.74, 6) is 0.0345. The highest BCUT2D eigenvalue weighted by Crippen LogP contribution is 2.18. The van der Waals surface area contributed by atoms with Gasteiger partial charge in [0, 0.05) is 19.6 Å². The monoisotopic (exact) mass is 254 g/mol. The van der Waals surface area contributed by atoms with Crippen LogP contribution < -0.4 is 0 Å². The standard InChI is InChI=1S/C13H22N2O3/c1-2-18-13(17)11-5-3-6-14(9-11)10-12(16)15-7-4-8-15/h11H,2-10H2,1H3/t11-/m0/s1. The molecule has 0 N–H and O–H groups in total. The van der Waals surface area contributed by atoms with Crippen LogP contribution >= 0.6 is 0 Å². The highest BCUT2D eigenvalue weighted by atomic mass is 16.5. The fraction of sp³-hybridized carbons (Fsp3) is 0.846. The van der Waals surface area contributed by atoms with E-state index in [1.54, 1.807) is 0 Å². The van der Waals surface area contributed by atoms with E-state index in [0.717, 1.165) is 38.9 Å². The second kappa shape index (κ2) is 6.18. The average molecular weight is 254 g/mol. The van der Waals surface area contributed by atoms with Crippen molar-refractivity contribution in [1.82, 2.24) is 9.80 Å². The van der Waals surface area contributed by atoms with Gasteiger partial charge in [0.2, 0.25) is 5.91 Å². The zero-order chi connectivity index (χ0) is 13.0. The van der Waals surface area contributed by atoms with Gasteiger partial charge in [-0.05, 0) is 32.7 Å². The van der Waals surface area contributed by atoms with Gasteiger partial charge in [-0.2, -0.15) is 0 Å². The highest BCUT2D eigenvalue weighted by Gasteiger charge is 2.29. The summed E-state index contributed by atoms with van der Waals surface area (Å²) in [6.07, 6.45) is 2.97. The van der Waals surface area contributed by atoms with Gasteiger partial charge in [-0.25, -0.2) is 0 Å². The van der Waals surface area contributed by atoms with Gasteiger partial charge in [0.15, 0.2) is 0 Å². The molecule has 0 bridgehead atoms. The summed E-state index contributed by atoms with van der Waals surface area (Å²) in [5.41, 5.74) is 0. The van der Waals surface area contributed by atoms with Crippen molar-refractivity contribution in [3.05, 3.63) is 0 Å². The fourth-order valence-electron chi connectivity index (χ4n) is 2.51. The molecular weight excluding hydrogens is 232 g/mol. The molecule has 1 amide bonds. The Morgan fingerprint density at radius 3 is 2.61 bits per heavy atom. The number of carbonyl (C=O) groups excluding carboxylic acids is 2. The Bertz CT molecular complexity index is 315. The van der Waals surface area contributed by atoms with E-state index in [-0.39, 0.29) is 17.8 Å². The lowest BCUT2D eigenvalue weighted by Gasteiger charge is -2.35. The Hall–Kier alpha value is -1.10. The van der Waals surface area contributed by atoms with Crippen LogP contribution in [0.1, 0.15) is 26.2 Å². The van der Waals surface area contributed by atoms with Crippen molar-refractivity contribution in [2.75, 3.05) is 39.3 Å². The third kappa shape index (κ3) is 3.22. The first-order chi connectivity index (χ1) is 8.70. The maximum atomic E-state index is 11.9. The molecular formula is C13H22N2O3. The van der Waals surface area contributed by atoms with Gasteiger partial charge in [-0.15, -0.1) is 0 Å². The molecule has 0 aromatic carbocycles. The van der Waals surface area contributed by atoms with Gasteiger partial charge in [0.05, 0.1) is 19.1 Å². The second-order valence-corrected chi connectivity index (χ2v) is 5.06. The predicted octanol–water partition coefficient (Wildman–Crippen LogP) is 0.494. The molecule has 102 valence electrons. The Morgan fingerprint density at radius 1 is 1.22 bits per heavy atom. The molecule has 0 spiro atoms. The molecule has 5 heteroatoms. The van der Waals surface area contributed by atoms with Gasteiger partial charge < -0.3 is 9.64 Å². The molecule has 0 aliphatic carbocycles. The van der Waals surface area contributed by atoms with Crippen molar-refractivity contribution in [2.24, 2.45) is 5.92 Å². The van der Waals surface area contributed by atoms with Gasteiger partial charge in [0.1, 0.15) is 0 Å². The summed E-state index contributed by atoms with van der Waals surface area (Å²) in [4.78, 5) is 27.5. The number of nitrogens with zero attached hydrogens (tertiary/aromatic N) is 2. The van der Waals surface area contributed by atoms with Crippen LogP contribution in [0, 0.1) is 5.92 Å². The molecule has 0 saturated carbocycles. The van der Waals surface area contributed by atoms with Crippen LogP contribution in [0.15, 0.2) is 0 Å². The van der Waals surface area contributed by atoms with Crippen LogP contribution in [0.4, 0.5) is 0 Å². The van der Waals surface area contributed by atoms with Gasteiger partial charge >= 0.3 is 5.97 Å². The summed E-state index contributed by atoms with van der Waals surface area (Å²) >= 11 is 0. The normalized spacial score (nSPS) is 24.5. The van der Waals surface area contributed by atoms with Gasteiger partial charge in [-0.3, -0.25) is 14.5 Å². The van der Waals surface area contributed by atoms with E-state index in [1.807, 2.05) is 11.8 Å².